The number of fused-ring (bicyclic) bond motifs is 6. The molecule has 4 fully saturated rings. The van der Waals surface area contributed by atoms with Crippen LogP contribution in [0.15, 0.2) is 24.7 Å². The molecule has 52 heavy (non-hydrogen) atoms. The van der Waals surface area contributed by atoms with Gasteiger partial charge in [-0.05, 0) is 125 Å². The van der Waals surface area contributed by atoms with Crippen molar-refractivity contribution in [2.24, 2.45) is 34.5 Å². The Kier molecular flexibility index (Phi) is 9.35. The van der Waals surface area contributed by atoms with Gasteiger partial charge in [0.25, 0.3) is 0 Å². The normalized spacial score (nSPS) is 32.1. The number of carbonyl (C=O) groups excluding carboxylic acids is 1. The van der Waals surface area contributed by atoms with E-state index in [2.05, 4.69) is 29.1 Å². The molecule has 12 heteroatoms. The van der Waals surface area contributed by atoms with Crippen LogP contribution in [0.5, 0.6) is 0 Å². The summed E-state index contributed by atoms with van der Waals surface area (Å²) in [6.07, 6.45) is 14.6. The fraction of sp³-hybridized carbons (Fsp3) is 0.700. The third-order valence-corrected chi connectivity index (χ3v) is 14.1. The summed E-state index contributed by atoms with van der Waals surface area (Å²) in [6.45, 7) is 11.0. The number of unbranched alkanes of at least 4 members (excludes halogenated alkanes) is 2. The van der Waals surface area contributed by atoms with Gasteiger partial charge in [0.15, 0.2) is 17.5 Å². The number of ether oxygens (including phenoxy) is 1. The van der Waals surface area contributed by atoms with E-state index in [9.17, 15) is 13.6 Å². The number of nitrogens with zero attached hydrogens (tertiary/aromatic N) is 7. The van der Waals surface area contributed by atoms with Crippen LogP contribution in [0.25, 0.3) is 22.8 Å². The molecule has 1 aliphatic heterocycles. The minimum absolute atomic E-state index is 0.0244. The third-order valence-electron chi connectivity index (χ3n) is 14.1. The van der Waals surface area contributed by atoms with Gasteiger partial charge in [0.05, 0.1) is 24.5 Å². The molecular weight excluding hydrogens is 662 g/mol. The van der Waals surface area contributed by atoms with Crippen LogP contribution in [0.2, 0.25) is 0 Å². The van der Waals surface area contributed by atoms with E-state index in [0.717, 1.165) is 62.9 Å². The first-order valence-corrected chi connectivity index (χ1v) is 19.8. The van der Waals surface area contributed by atoms with E-state index in [1.165, 1.54) is 19.3 Å². The molecule has 0 saturated heterocycles. The molecule has 0 bridgehead atoms. The summed E-state index contributed by atoms with van der Waals surface area (Å²) in [5.74, 6) is 1.39. The molecule has 280 valence electrons. The van der Waals surface area contributed by atoms with Crippen LogP contribution < -0.4 is 10.2 Å². The Morgan fingerprint density at radius 1 is 0.942 bits per heavy atom. The number of aromatic nitrogens is 6. The maximum Gasteiger partial charge on any atom is 0.248 e. The number of anilines is 2. The first kappa shape index (κ1) is 35.5. The topological polar surface area (TPSA) is 111 Å². The van der Waals surface area contributed by atoms with Crippen molar-refractivity contribution >= 4 is 17.5 Å². The number of halogens is 2. The maximum absolute atomic E-state index is 14.3. The predicted octanol–water partition coefficient (Wildman–Crippen LogP) is 8.12. The van der Waals surface area contributed by atoms with E-state index >= 15 is 0 Å². The highest BCUT2D eigenvalue weighted by atomic mass is 19.3. The first-order chi connectivity index (χ1) is 25.0. The predicted molar refractivity (Wildman–Crippen MR) is 196 cm³/mol. The van der Waals surface area contributed by atoms with Crippen LogP contribution in [0, 0.1) is 41.4 Å². The van der Waals surface area contributed by atoms with E-state index in [1.807, 2.05) is 30.7 Å². The molecule has 4 aliphatic carbocycles. The monoisotopic (exact) mass is 716 g/mol. The number of likely N-dealkylation sites (N-methyl/N-ethyl adjacent to an activating group) is 1. The Morgan fingerprint density at radius 3 is 2.62 bits per heavy atom. The average molecular weight is 717 g/mol. The highest BCUT2D eigenvalue weighted by Gasteiger charge is 2.62. The van der Waals surface area contributed by atoms with Gasteiger partial charge in [-0.15, -0.1) is 5.10 Å². The molecule has 4 heterocycles. The van der Waals surface area contributed by atoms with E-state index in [1.54, 1.807) is 17.4 Å². The van der Waals surface area contributed by atoms with Gasteiger partial charge in [-0.1, -0.05) is 13.8 Å². The Balaban J connectivity index is 0.807. The number of nitrogens with one attached hydrogen (secondary N) is 1. The van der Waals surface area contributed by atoms with Crippen molar-refractivity contribution in [2.75, 3.05) is 29.9 Å². The molecule has 0 aromatic carbocycles. The van der Waals surface area contributed by atoms with Crippen molar-refractivity contribution in [1.82, 2.24) is 29.7 Å². The lowest BCUT2D eigenvalue weighted by Gasteiger charge is -2.61. The first-order valence-electron chi connectivity index (χ1n) is 19.8. The lowest BCUT2D eigenvalue weighted by Crippen LogP contribution is -2.55. The van der Waals surface area contributed by atoms with E-state index in [-0.39, 0.29) is 42.0 Å². The molecule has 10 nitrogen and oxygen atoms in total. The molecule has 5 aliphatic rings. The summed E-state index contributed by atoms with van der Waals surface area (Å²) >= 11 is 0. The van der Waals surface area contributed by atoms with E-state index in [4.69, 9.17) is 19.8 Å². The molecule has 7 atom stereocenters. The lowest BCUT2D eigenvalue weighted by atomic mass is 9.45. The second-order valence-corrected chi connectivity index (χ2v) is 16.8. The van der Waals surface area contributed by atoms with E-state index < -0.39 is 5.92 Å². The second kappa shape index (κ2) is 13.7. The summed E-state index contributed by atoms with van der Waals surface area (Å²) < 4.78 is 37.2. The van der Waals surface area contributed by atoms with Gasteiger partial charge in [-0.2, -0.15) is 0 Å². The van der Waals surface area contributed by atoms with Gasteiger partial charge in [-0.3, -0.25) is 14.4 Å². The molecule has 0 spiro atoms. The smallest absolute Gasteiger partial charge is 0.248 e. The standard InChI is InChI=1S/C40H54F2N8O2/c1-5-50-34(51)23-44-36-37(50)47-32(22-43-36)27-11-13-31(46-25(27)2)35-45-24-49(48-35)19-7-6-8-20-52-33-14-12-29-28-10-9-26-21-40(41,42)18-17-38(26,3)30(28)15-16-39(29,33)4/h11,13,22,24,26,28-30,33H,5-10,12,14-21,23H2,1-4H3,(H,43,44)/t26-,28-,29-,30-,33-,38-,39-/m0/s1. The van der Waals surface area contributed by atoms with Crippen molar-refractivity contribution in [3.05, 3.63) is 30.4 Å². The summed E-state index contributed by atoms with van der Waals surface area (Å²) in [6, 6.07) is 3.87. The van der Waals surface area contributed by atoms with E-state index in [0.29, 0.717) is 65.7 Å². The highest BCUT2D eigenvalue weighted by molar-refractivity contribution is 6.00. The number of alkyl halides is 2. The Hall–Kier alpha value is -3.54. The third kappa shape index (κ3) is 6.30. The molecule has 0 radical (unpaired) electrons. The van der Waals surface area contributed by atoms with Gasteiger partial charge in [0.2, 0.25) is 11.8 Å². The number of amides is 1. The second-order valence-electron chi connectivity index (χ2n) is 16.8. The summed E-state index contributed by atoms with van der Waals surface area (Å²) in [5.41, 5.74) is 3.30. The number of carbonyl (C=O) groups is 1. The van der Waals surface area contributed by atoms with Gasteiger partial charge in [-0.25, -0.2) is 28.7 Å². The average Bonchev–Trinajstić information content (AvgIpc) is 3.74. The maximum atomic E-state index is 14.3. The van der Waals surface area contributed by atoms with Crippen LogP contribution >= 0.6 is 0 Å². The number of hydrogen-bond acceptors (Lipinski definition) is 8. The van der Waals surface area contributed by atoms with Crippen molar-refractivity contribution in [3.63, 3.8) is 0 Å². The van der Waals surface area contributed by atoms with Crippen molar-refractivity contribution in [3.8, 4) is 22.8 Å². The van der Waals surface area contributed by atoms with Crippen molar-refractivity contribution < 1.29 is 18.3 Å². The minimum atomic E-state index is -2.46. The Morgan fingerprint density at radius 2 is 1.79 bits per heavy atom. The quantitative estimate of drug-likeness (QED) is 0.210. The van der Waals surface area contributed by atoms with Gasteiger partial charge < -0.3 is 10.1 Å². The van der Waals surface area contributed by atoms with Crippen molar-refractivity contribution in [2.45, 2.75) is 123 Å². The molecule has 4 saturated carbocycles. The molecule has 1 N–H and O–H groups in total. The summed E-state index contributed by atoms with van der Waals surface area (Å²) in [5, 5.41) is 7.76. The number of aryl methyl sites for hydroxylation is 2. The van der Waals surface area contributed by atoms with Gasteiger partial charge in [0, 0.05) is 43.8 Å². The SMILES string of the molecule is CCN1C(=O)CNc2ncc(-c3ccc(-c4ncn(CCCCCO[C@H]5CC[C@H]6[C@@H]7CC[C@H]8CC(F)(F)CC[C@]8(C)[C@H]7CC[C@]56C)n4)nc3C)nc21. The zero-order chi connectivity index (χ0) is 36.3. The number of pyridine rings is 1. The number of rotatable bonds is 10. The molecule has 3 aromatic rings. The molecule has 8 rings (SSSR count). The van der Waals surface area contributed by atoms with Crippen molar-refractivity contribution in [1.29, 1.82) is 0 Å². The van der Waals surface area contributed by atoms with Crippen LogP contribution in [-0.2, 0) is 16.1 Å². The highest BCUT2D eigenvalue weighted by Crippen LogP contribution is 2.67. The Bertz CT molecular complexity index is 1800. The van der Waals surface area contributed by atoms with Crippen LogP contribution in [0.3, 0.4) is 0 Å². The van der Waals surface area contributed by atoms with Gasteiger partial charge >= 0.3 is 0 Å². The summed E-state index contributed by atoms with van der Waals surface area (Å²) in [4.78, 5) is 32.6. The lowest BCUT2D eigenvalue weighted by molar-refractivity contribution is -0.169. The Labute approximate surface area is 306 Å². The van der Waals surface area contributed by atoms with Crippen LogP contribution in [0.1, 0.15) is 104 Å². The molecular formula is C40H54F2N8O2. The minimum Gasteiger partial charge on any atom is -0.378 e. The van der Waals surface area contributed by atoms with Gasteiger partial charge in [0.1, 0.15) is 12.0 Å². The zero-order valence-electron chi connectivity index (χ0n) is 31.2. The largest absolute Gasteiger partial charge is 0.378 e. The molecule has 0 unspecified atom stereocenters. The van der Waals surface area contributed by atoms with Crippen LogP contribution in [0.4, 0.5) is 20.4 Å². The zero-order valence-corrected chi connectivity index (χ0v) is 31.2. The summed E-state index contributed by atoms with van der Waals surface area (Å²) in [7, 11) is 0. The fourth-order valence-corrected chi connectivity index (χ4v) is 11.2. The molecule has 1 amide bonds. The molecule has 3 aromatic heterocycles. The fourth-order valence-electron chi connectivity index (χ4n) is 11.2. The number of hydrogen-bond donors (Lipinski definition) is 1. The van der Waals surface area contributed by atoms with Crippen LogP contribution in [-0.4, -0.2) is 67.3 Å².